The number of hydrogen-bond donors (Lipinski definition) is 1. The van der Waals surface area contributed by atoms with E-state index in [1.54, 1.807) is 11.3 Å². The van der Waals surface area contributed by atoms with Gasteiger partial charge in [-0.25, -0.2) is 4.98 Å². The number of nitrogens with zero attached hydrogens (tertiary/aromatic N) is 2. The van der Waals surface area contributed by atoms with Gasteiger partial charge in [0.15, 0.2) is 0 Å². The fourth-order valence-electron chi connectivity index (χ4n) is 4.41. The standard InChI is InChI=1S/C26H24N2O2S/c29-26(30)21-14-16-28(17-15-21)24(25-27-22-8-4-5-9-23(22)31-25)20-12-10-19(11-13-20)18-6-2-1-3-7-18/h1-13,21,24H,14-17H2,(H,29,30). The summed E-state index contributed by atoms with van der Waals surface area (Å²) in [6.07, 6.45) is 1.36. The molecule has 1 aromatic heterocycles. The lowest BCUT2D eigenvalue weighted by molar-refractivity contribution is -0.143. The van der Waals surface area contributed by atoms with Crippen molar-refractivity contribution >= 4 is 27.5 Å². The molecule has 2 heterocycles. The number of benzene rings is 3. The van der Waals surface area contributed by atoms with Crippen molar-refractivity contribution in [1.82, 2.24) is 9.88 Å². The van der Waals surface area contributed by atoms with Crippen LogP contribution in [0.4, 0.5) is 0 Å². The first-order valence-electron chi connectivity index (χ1n) is 10.7. The van der Waals surface area contributed by atoms with Crippen LogP contribution in [0.25, 0.3) is 21.3 Å². The van der Waals surface area contributed by atoms with Crippen molar-refractivity contribution in [3.8, 4) is 11.1 Å². The number of para-hydroxylation sites is 1. The minimum absolute atomic E-state index is 0.0389. The molecule has 31 heavy (non-hydrogen) atoms. The Morgan fingerprint density at radius 1 is 0.903 bits per heavy atom. The van der Waals surface area contributed by atoms with Crippen LogP contribution in [0.1, 0.15) is 29.5 Å². The fourth-order valence-corrected chi connectivity index (χ4v) is 5.54. The number of carboxylic acid groups (broad SMARTS) is 1. The van der Waals surface area contributed by atoms with Gasteiger partial charge in [0.25, 0.3) is 0 Å². The average Bonchev–Trinajstić information content (AvgIpc) is 3.24. The lowest BCUT2D eigenvalue weighted by Crippen LogP contribution is -2.39. The second kappa shape index (κ2) is 8.61. The predicted octanol–water partition coefficient (Wildman–Crippen LogP) is 5.85. The summed E-state index contributed by atoms with van der Waals surface area (Å²) in [4.78, 5) is 18.8. The Balaban J connectivity index is 1.50. The van der Waals surface area contributed by atoms with E-state index in [4.69, 9.17) is 4.98 Å². The monoisotopic (exact) mass is 428 g/mol. The molecule has 156 valence electrons. The molecule has 0 saturated carbocycles. The van der Waals surface area contributed by atoms with Gasteiger partial charge in [0.1, 0.15) is 5.01 Å². The predicted molar refractivity (Wildman–Crippen MR) is 125 cm³/mol. The van der Waals surface area contributed by atoms with Gasteiger partial charge >= 0.3 is 5.97 Å². The van der Waals surface area contributed by atoms with E-state index in [1.807, 2.05) is 18.2 Å². The van der Waals surface area contributed by atoms with Crippen LogP contribution in [0.15, 0.2) is 78.9 Å². The molecule has 4 nitrogen and oxygen atoms in total. The number of fused-ring (bicyclic) bond motifs is 1. The number of hydrogen-bond acceptors (Lipinski definition) is 4. The van der Waals surface area contributed by atoms with Crippen molar-refractivity contribution in [2.45, 2.75) is 18.9 Å². The zero-order valence-corrected chi connectivity index (χ0v) is 18.0. The summed E-state index contributed by atoms with van der Waals surface area (Å²) in [5.74, 6) is -0.920. The Bertz CT molecular complexity index is 1150. The van der Waals surface area contributed by atoms with Crippen LogP contribution < -0.4 is 0 Å². The van der Waals surface area contributed by atoms with Crippen LogP contribution in [0.2, 0.25) is 0 Å². The number of piperidine rings is 1. The largest absolute Gasteiger partial charge is 0.481 e. The van der Waals surface area contributed by atoms with Crippen molar-refractivity contribution in [2.75, 3.05) is 13.1 Å². The maximum Gasteiger partial charge on any atom is 0.306 e. The number of carbonyl (C=O) groups is 1. The van der Waals surface area contributed by atoms with Gasteiger partial charge in [-0.05, 0) is 54.8 Å². The molecule has 3 aromatic carbocycles. The van der Waals surface area contributed by atoms with Crippen molar-refractivity contribution in [2.24, 2.45) is 5.92 Å². The van der Waals surface area contributed by atoms with Gasteiger partial charge in [-0.15, -0.1) is 11.3 Å². The minimum atomic E-state index is -0.677. The third kappa shape index (κ3) is 4.11. The Morgan fingerprint density at radius 3 is 2.23 bits per heavy atom. The molecule has 5 rings (SSSR count). The number of aromatic nitrogens is 1. The van der Waals surface area contributed by atoms with Gasteiger partial charge in [-0.2, -0.15) is 0 Å². The van der Waals surface area contributed by atoms with E-state index in [9.17, 15) is 9.90 Å². The molecule has 1 unspecified atom stereocenters. The van der Waals surface area contributed by atoms with Crippen molar-refractivity contribution < 1.29 is 9.90 Å². The van der Waals surface area contributed by atoms with E-state index in [1.165, 1.54) is 21.4 Å². The van der Waals surface area contributed by atoms with Crippen molar-refractivity contribution in [3.05, 3.63) is 89.4 Å². The van der Waals surface area contributed by atoms with Crippen LogP contribution >= 0.6 is 11.3 Å². The first-order chi connectivity index (χ1) is 15.2. The lowest BCUT2D eigenvalue weighted by Gasteiger charge is -2.35. The number of rotatable bonds is 5. The quantitative estimate of drug-likeness (QED) is 0.433. The summed E-state index contributed by atoms with van der Waals surface area (Å²) in [5, 5.41) is 10.5. The molecule has 1 aliphatic heterocycles. The smallest absolute Gasteiger partial charge is 0.306 e. The summed E-state index contributed by atoms with van der Waals surface area (Å²) in [6, 6.07) is 27.4. The Morgan fingerprint density at radius 2 is 1.55 bits per heavy atom. The summed E-state index contributed by atoms with van der Waals surface area (Å²) in [5.41, 5.74) is 4.62. The molecule has 0 aliphatic carbocycles. The van der Waals surface area contributed by atoms with Gasteiger partial charge in [0.05, 0.1) is 22.2 Å². The Kier molecular flexibility index (Phi) is 5.53. The molecule has 0 radical (unpaired) electrons. The van der Waals surface area contributed by atoms with E-state index < -0.39 is 5.97 Å². The molecular weight excluding hydrogens is 404 g/mol. The first-order valence-corrected chi connectivity index (χ1v) is 11.5. The number of likely N-dealkylation sites (tertiary alicyclic amines) is 1. The van der Waals surface area contributed by atoms with E-state index in [0.717, 1.165) is 23.6 Å². The van der Waals surface area contributed by atoms with Crippen LogP contribution in [0.3, 0.4) is 0 Å². The summed E-state index contributed by atoms with van der Waals surface area (Å²) in [7, 11) is 0. The molecule has 0 amide bonds. The Labute approximate surface area is 185 Å². The molecular formula is C26H24N2O2S. The number of aliphatic carboxylic acids is 1. The minimum Gasteiger partial charge on any atom is -0.481 e. The van der Waals surface area contributed by atoms with Crippen LogP contribution in [-0.2, 0) is 4.79 Å². The highest BCUT2D eigenvalue weighted by Gasteiger charge is 2.31. The van der Waals surface area contributed by atoms with Gasteiger partial charge < -0.3 is 5.11 Å². The summed E-state index contributed by atoms with van der Waals surface area (Å²) >= 11 is 1.73. The zero-order valence-electron chi connectivity index (χ0n) is 17.1. The van der Waals surface area contributed by atoms with E-state index in [2.05, 4.69) is 65.6 Å². The molecule has 1 fully saturated rings. The maximum atomic E-state index is 11.4. The van der Waals surface area contributed by atoms with Crippen molar-refractivity contribution in [3.63, 3.8) is 0 Å². The third-order valence-electron chi connectivity index (χ3n) is 6.12. The molecule has 1 atom stereocenters. The topological polar surface area (TPSA) is 53.4 Å². The van der Waals surface area contributed by atoms with Crippen LogP contribution in [0, 0.1) is 5.92 Å². The number of carboxylic acids is 1. The molecule has 1 saturated heterocycles. The molecule has 0 spiro atoms. The summed E-state index contributed by atoms with van der Waals surface area (Å²) < 4.78 is 1.18. The average molecular weight is 429 g/mol. The molecule has 4 aromatic rings. The van der Waals surface area contributed by atoms with Crippen molar-refractivity contribution in [1.29, 1.82) is 0 Å². The molecule has 5 heteroatoms. The van der Waals surface area contributed by atoms with Crippen LogP contribution in [-0.4, -0.2) is 34.0 Å². The maximum absolute atomic E-state index is 11.4. The van der Waals surface area contributed by atoms with Gasteiger partial charge in [-0.3, -0.25) is 9.69 Å². The molecule has 1 N–H and O–H groups in total. The first kappa shape index (κ1) is 19.9. The highest BCUT2D eigenvalue weighted by molar-refractivity contribution is 7.18. The van der Waals surface area contributed by atoms with E-state index in [0.29, 0.717) is 12.8 Å². The molecule has 0 bridgehead atoms. The van der Waals surface area contributed by atoms with Crippen LogP contribution in [0.5, 0.6) is 0 Å². The second-order valence-electron chi connectivity index (χ2n) is 8.06. The molecule has 1 aliphatic rings. The normalized spacial score (nSPS) is 16.4. The van der Waals surface area contributed by atoms with Gasteiger partial charge in [0, 0.05) is 0 Å². The third-order valence-corrected chi connectivity index (χ3v) is 7.21. The van der Waals surface area contributed by atoms with E-state index >= 15 is 0 Å². The highest BCUT2D eigenvalue weighted by Crippen LogP contribution is 2.37. The highest BCUT2D eigenvalue weighted by atomic mass is 32.1. The second-order valence-corrected chi connectivity index (χ2v) is 9.12. The number of thiazole rings is 1. The zero-order chi connectivity index (χ0) is 21.2. The fraction of sp³-hybridized carbons (Fsp3) is 0.231. The summed E-state index contributed by atoms with van der Waals surface area (Å²) in [6.45, 7) is 1.52. The lowest BCUT2D eigenvalue weighted by atomic mass is 9.94. The SMILES string of the molecule is O=C(O)C1CCN(C(c2ccc(-c3ccccc3)cc2)c2nc3ccccc3s2)CC1. The van der Waals surface area contributed by atoms with Gasteiger partial charge in [0.2, 0.25) is 0 Å². The van der Waals surface area contributed by atoms with Gasteiger partial charge in [-0.1, -0.05) is 66.7 Å². The Hall–Kier alpha value is -3.02. The van der Waals surface area contributed by atoms with E-state index in [-0.39, 0.29) is 12.0 Å².